The second kappa shape index (κ2) is 6.37. The predicted octanol–water partition coefficient (Wildman–Crippen LogP) is 3.61. The summed E-state index contributed by atoms with van der Waals surface area (Å²) in [7, 11) is 0. The monoisotopic (exact) mass is 292 g/mol. The van der Waals surface area contributed by atoms with Crippen LogP contribution in [-0.2, 0) is 0 Å². The minimum atomic E-state index is -0.318. The van der Waals surface area contributed by atoms with Crippen LogP contribution in [-0.4, -0.2) is 18.1 Å². The van der Waals surface area contributed by atoms with E-state index in [4.69, 9.17) is 10.5 Å². The third-order valence-corrected chi connectivity index (χ3v) is 3.01. The summed E-state index contributed by atoms with van der Waals surface area (Å²) >= 11 is 0. The molecule has 0 spiro atoms. The summed E-state index contributed by atoms with van der Waals surface area (Å²) < 4.78 is 5.51. The molecule has 0 saturated carbocycles. The second-order valence-corrected chi connectivity index (χ2v) is 7.23. The molecule has 0 bridgehead atoms. The highest BCUT2D eigenvalue weighted by molar-refractivity contribution is 6.02. The average Bonchev–Trinajstić information content (AvgIpc) is 2.24. The molecule has 1 amide bonds. The van der Waals surface area contributed by atoms with Gasteiger partial charge >= 0.3 is 0 Å². The number of hydrogen-bond donors (Lipinski definition) is 2. The van der Waals surface area contributed by atoms with Gasteiger partial charge in [0.1, 0.15) is 11.3 Å². The van der Waals surface area contributed by atoms with Gasteiger partial charge in [0.25, 0.3) is 5.91 Å². The van der Waals surface area contributed by atoms with Crippen LogP contribution in [0.2, 0.25) is 0 Å². The highest BCUT2D eigenvalue weighted by Crippen LogP contribution is 2.29. The third-order valence-electron chi connectivity index (χ3n) is 3.01. The zero-order valence-electron chi connectivity index (χ0n) is 14.0. The fourth-order valence-electron chi connectivity index (χ4n) is 2.81. The fourth-order valence-corrected chi connectivity index (χ4v) is 2.81. The molecule has 0 aromatic heterocycles. The normalized spacial score (nSPS) is 12.1. The number of ether oxygens (including phenoxy) is 1. The first-order valence-electron chi connectivity index (χ1n) is 7.39. The minimum Gasteiger partial charge on any atom is -0.493 e. The van der Waals surface area contributed by atoms with Gasteiger partial charge < -0.3 is 15.8 Å². The van der Waals surface area contributed by atoms with Crippen molar-refractivity contribution in [3.63, 3.8) is 0 Å². The van der Waals surface area contributed by atoms with Gasteiger partial charge in [0.15, 0.2) is 0 Å². The van der Waals surface area contributed by atoms with E-state index in [0.29, 0.717) is 23.6 Å². The van der Waals surface area contributed by atoms with E-state index in [-0.39, 0.29) is 16.9 Å². The molecule has 0 atom stereocenters. The lowest BCUT2D eigenvalue weighted by molar-refractivity contribution is 0.0888. The van der Waals surface area contributed by atoms with E-state index < -0.39 is 0 Å². The lowest BCUT2D eigenvalue weighted by atomic mass is 9.81. The number of carbonyl (C=O) groups excluding carboxylic acids is 1. The maximum Gasteiger partial charge on any atom is 0.257 e. The van der Waals surface area contributed by atoms with Crippen molar-refractivity contribution in [2.24, 2.45) is 5.41 Å². The molecule has 1 aromatic carbocycles. The summed E-state index contributed by atoms with van der Waals surface area (Å²) in [5.74, 6) is 0.340. The number of anilines is 1. The highest BCUT2D eigenvalue weighted by Gasteiger charge is 2.29. The Morgan fingerprint density at radius 3 is 2.38 bits per heavy atom. The number of nitrogen functional groups attached to an aromatic ring is 1. The first-order valence-corrected chi connectivity index (χ1v) is 7.39. The van der Waals surface area contributed by atoms with E-state index in [1.807, 2.05) is 20.8 Å². The molecule has 1 aromatic rings. The van der Waals surface area contributed by atoms with Crippen molar-refractivity contribution in [2.45, 2.75) is 53.5 Å². The van der Waals surface area contributed by atoms with Crippen LogP contribution in [0.5, 0.6) is 5.75 Å². The molecule has 4 heteroatoms. The molecule has 0 aliphatic carbocycles. The summed E-state index contributed by atoms with van der Waals surface area (Å²) in [5.41, 5.74) is 6.62. The van der Waals surface area contributed by atoms with Crippen LogP contribution in [0.3, 0.4) is 0 Å². The third kappa shape index (κ3) is 5.29. The SMILES string of the molecule is CCOc1cccc(N)c1C(=O)NC(C)(C)CC(C)(C)C. The van der Waals surface area contributed by atoms with Gasteiger partial charge in [0, 0.05) is 11.2 Å². The van der Waals surface area contributed by atoms with Crippen LogP contribution in [0.25, 0.3) is 0 Å². The van der Waals surface area contributed by atoms with Crippen molar-refractivity contribution in [3.8, 4) is 5.75 Å². The van der Waals surface area contributed by atoms with Crippen molar-refractivity contribution < 1.29 is 9.53 Å². The van der Waals surface area contributed by atoms with E-state index in [9.17, 15) is 4.79 Å². The first-order chi connectivity index (χ1) is 9.56. The van der Waals surface area contributed by atoms with Crippen LogP contribution >= 0.6 is 0 Å². The van der Waals surface area contributed by atoms with Gasteiger partial charge in [-0.05, 0) is 44.7 Å². The van der Waals surface area contributed by atoms with Crippen LogP contribution in [0.15, 0.2) is 18.2 Å². The molecule has 0 fully saturated rings. The van der Waals surface area contributed by atoms with Crippen LogP contribution < -0.4 is 15.8 Å². The lowest BCUT2D eigenvalue weighted by Crippen LogP contribution is -2.46. The topological polar surface area (TPSA) is 64.3 Å². The predicted molar refractivity (Wildman–Crippen MR) is 87.6 cm³/mol. The molecule has 0 aliphatic rings. The molecule has 118 valence electrons. The number of nitrogens with one attached hydrogen (secondary N) is 1. The first kappa shape index (κ1) is 17.3. The summed E-state index contributed by atoms with van der Waals surface area (Å²) in [6.45, 7) is 12.9. The quantitative estimate of drug-likeness (QED) is 0.815. The largest absolute Gasteiger partial charge is 0.493 e. The van der Waals surface area contributed by atoms with E-state index in [1.54, 1.807) is 18.2 Å². The fraction of sp³-hybridized carbons (Fsp3) is 0.588. The number of amides is 1. The van der Waals surface area contributed by atoms with Gasteiger partial charge in [-0.25, -0.2) is 0 Å². The molecule has 4 nitrogen and oxygen atoms in total. The molecule has 0 radical (unpaired) electrons. The van der Waals surface area contributed by atoms with Crippen molar-refractivity contribution in [1.82, 2.24) is 5.32 Å². The summed E-state index contributed by atoms with van der Waals surface area (Å²) in [4.78, 5) is 12.6. The molecular weight excluding hydrogens is 264 g/mol. The smallest absolute Gasteiger partial charge is 0.257 e. The molecule has 1 rings (SSSR count). The zero-order chi connectivity index (χ0) is 16.3. The zero-order valence-corrected chi connectivity index (χ0v) is 14.0. The van der Waals surface area contributed by atoms with Crippen LogP contribution in [0, 0.1) is 5.41 Å². The summed E-state index contributed by atoms with van der Waals surface area (Å²) in [6, 6.07) is 5.27. The number of benzene rings is 1. The standard InChI is InChI=1S/C17H28N2O2/c1-7-21-13-10-8-9-12(18)14(13)15(20)19-17(5,6)11-16(2,3)4/h8-10H,7,11,18H2,1-6H3,(H,19,20). The Morgan fingerprint density at radius 2 is 1.86 bits per heavy atom. The van der Waals surface area contributed by atoms with Gasteiger partial charge in [-0.15, -0.1) is 0 Å². The minimum absolute atomic E-state index is 0.127. The van der Waals surface area contributed by atoms with Crippen molar-refractivity contribution in [3.05, 3.63) is 23.8 Å². The second-order valence-electron chi connectivity index (χ2n) is 7.23. The average molecular weight is 292 g/mol. The lowest BCUT2D eigenvalue weighted by Gasteiger charge is -2.33. The van der Waals surface area contributed by atoms with Gasteiger partial charge in [0.2, 0.25) is 0 Å². The van der Waals surface area contributed by atoms with E-state index in [0.717, 1.165) is 6.42 Å². The Balaban J connectivity index is 2.99. The molecule has 21 heavy (non-hydrogen) atoms. The number of carbonyl (C=O) groups is 1. The highest BCUT2D eigenvalue weighted by atomic mass is 16.5. The molecule has 0 saturated heterocycles. The van der Waals surface area contributed by atoms with Gasteiger partial charge in [-0.3, -0.25) is 4.79 Å². The van der Waals surface area contributed by atoms with E-state index in [1.165, 1.54) is 0 Å². The molecule has 0 unspecified atom stereocenters. The van der Waals surface area contributed by atoms with Crippen molar-refractivity contribution in [1.29, 1.82) is 0 Å². The van der Waals surface area contributed by atoms with Crippen LogP contribution in [0.4, 0.5) is 5.69 Å². The van der Waals surface area contributed by atoms with E-state index >= 15 is 0 Å². The maximum atomic E-state index is 12.6. The molecular formula is C17H28N2O2. The van der Waals surface area contributed by atoms with Gasteiger partial charge in [-0.1, -0.05) is 26.8 Å². The Bertz CT molecular complexity index is 502. The van der Waals surface area contributed by atoms with Gasteiger partial charge in [0.05, 0.1) is 6.61 Å². The van der Waals surface area contributed by atoms with Gasteiger partial charge in [-0.2, -0.15) is 0 Å². The van der Waals surface area contributed by atoms with Crippen LogP contribution in [0.1, 0.15) is 58.3 Å². The Hall–Kier alpha value is -1.71. The van der Waals surface area contributed by atoms with E-state index in [2.05, 4.69) is 26.1 Å². The summed E-state index contributed by atoms with van der Waals surface area (Å²) in [5, 5.41) is 3.07. The number of rotatable bonds is 5. The Morgan fingerprint density at radius 1 is 1.24 bits per heavy atom. The molecule has 0 heterocycles. The summed E-state index contributed by atoms with van der Waals surface area (Å²) in [6.07, 6.45) is 0.864. The maximum absolute atomic E-state index is 12.6. The van der Waals surface area contributed by atoms with Crippen molar-refractivity contribution >= 4 is 11.6 Å². The molecule has 0 aliphatic heterocycles. The molecule has 3 N–H and O–H groups in total. The number of hydrogen-bond acceptors (Lipinski definition) is 3. The Labute approximate surface area is 128 Å². The Kier molecular flexibility index (Phi) is 5.26. The van der Waals surface area contributed by atoms with Crippen molar-refractivity contribution in [2.75, 3.05) is 12.3 Å². The number of nitrogens with two attached hydrogens (primary N) is 1.